The Kier molecular flexibility index (Phi) is 4.97. The molecule has 0 aromatic carbocycles. The van der Waals surface area contributed by atoms with Crippen LogP contribution in [0.3, 0.4) is 0 Å². The van der Waals surface area contributed by atoms with Crippen molar-refractivity contribution in [2.45, 2.75) is 32.3 Å². The largest absolute Gasteiger partial charge is 0.467 e. The second-order valence-electron chi connectivity index (χ2n) is 4.14. The van der Waals surface area contributed by atoms with E-state index < -0.39 is 5.97 Å². The molecule has 0 N–H and O–H groups in total. The normalized spacial score (nSPS) is 15.2. The third-order valence-electron chi connectivity index (χ3n) is 2.74. The van der Waals surface area contributed by atoms with Crippen LogP contribution in [-0.4, -0.2) is 23.7 Å². The van der Waals surface area contributed by atoms with E-state index in [0.717, 1.165) is 12.8 Å². The lowest BCUT2D eigenvalue weighted by atomic mass is 9.96. The number of ether oxygens (including phenoxy) is 2. The van der Waals surface area contributed by atoms with Gasteiger partial charge in [-0.2, -0.15) is 0 Å². The fourth-order valence-electron chi connectivity index (χ4n) is 1.54. The first-order chi connectivity index (χ1) is 9.72. The summed E-state index contributed by atoms with van der Waals surface area (Å²) in [5.74, 6) is -0.653. The van der Waals surface area contributed by atoms with E-state index >= 15 is 0 Å². The topological polar surface area (TPSA) is 97.2 Å². The highest BCUT2D eigenvalue weighted by Gasteiger charge is 2.20. The van der Waals surface area contributed by atoms with Crippen molar-refractivity contribution in [1.29, 1.82) is 0 Å². The van der Waals surface area contributed by atoms with Crippen LogP contribution in [0.4, 0.5) is 0 Å². The molecular formula is C12H14N4O3S. The summed E-state index contributed by atoms with van der Waals surface area (Å²) < 4.78 is 10.4. The molecule has 1 aromatic heterocycles. The van der Waals surface area contributed by atoms with Gasteiger partial charge in [-0.3, -0.25) is 0 Å². The summed E-state index contributed by atoms with van der Waals surface area (Å²) in [6.45, 7) is 1.90. The van der Waals surface area contributed by atoms with Gasteiger partial charge in [0.15, 0.2) is 0 Å². The van der Waals surface area contributed by atoms with Crippen molar-refractivity contribution in [2.75, 3.05) is 6.61 Å². The molecule has 0 spiro atoms. The van der Waals surface area contributed by atoms with Crippen molar-refractivity contribution in [3.05, 3.63) is 27.2 Å². The molecule has 0 atom stereocenters. The van der Waals surface area contributed by atoms with Crippen LogP contribution in [0.2, 0.25) is 0 Å². The Morgan fingerprint density at radius 2 is 2.50 bits per heavy atom. The van der Waals surface area contributed by atoms with Crippen LogP contribution >= 0.6 is 11.3 Å². The van der Waals surface area contributed by atoms with Gasteiger partial charge in [0.05, 0.1) is 11.5 Å². The Morgan fingerprint density at radius 1 is 1.70 bits per heavy atom. The molecule has 1 aromatic rings. The predicted molar refractivity (Wildman–Crippen MR) is 74.1 cm³/mol. The van der Waals surface area contributed by atoms with E-state index in [4.69, 9.17) is 15.0 Å². The molecule has 0 unspecified atom stereocenters. The van der Waals surface area contributed by atoms with Gasteiger partial charge in [-0.05, 0) is 37.8 Å². The first kappa shape index (κ1) is 14.4. The lowest BCUT2D eigenvalue weighted by Crippen LogP contribution is -2.24. The molecule has 0 radical (unpaired) electrons. The van der Waals surface area contributed by atoms with Crippen molar-refractivity contribution in [1.82, 2.24) is 4.98 Å². The molecule has 0 bridgehead atoms. The van der Waals surface area contributed by atoms with Crippen molar-refractivity contribution < 1.29 is 14.3 Å². The highest BCUT2D eigenvalue weighted by molar-refractivity contribution is 7.14. The molecule has 0 aliphatic heterocycles. The quantitative estimate of drug-likeness (QED) is 0.264. The van der Waals surface area contributed by atoms with E-state index in [1.807, 2.05) is 0 Å². The molecule has 2 rings (SSSR count). The number of rotatable bonds is 6. The number of nitrogens with zero attached hydrogens (tertiary/aromatic N) is 4. The van der Waals surface area contributed by atoms with Crippen LogP contribution in [0.1, 0.15) is 31.1 Å². The maximum atomic E-state index is 11.6. The minimum absolute atomic E-state index is 0.0896. The molecule has 8 heteroatoms. The lowest BCUT2D eigenvalue weighted by Gasteiger charge is -2.24. The second kappa shape index (κ2) is 6.93. The summed E-state index contributed by atoms with van der Waals surface area (Å²) in [7, 11) is 0. The fourth-order valence-corrected chi connectivity index (χ4v) is 2.31. The van der Waals surface area contributed by atoms with Gasteiger partial charge in [0.25, 0.3) is 5.19 Å². The standard InChI is InChI=1S/C12H14N4O3S/c1-2-18-11(17)10(15-16-13)6-9-7-14-12(20-9)19-8-4-3-5-8/h6-8H,2-5H2,1H3/b10-6-. The highest BCUT2D eigenvalue weighted by Crippen LogP contribution is 2.29. The van der Waals surface area contributed by atoms with Gasteiger partial charge in [0, 0.05) is 11.1 Å². The van der Waals surface area contributed by atoms with Crippen LogP contribution in [0.25, 0.3) is 16.5 Å². The van der Waals surface area contributed by atoms with E-state index in [-0.39, 0.29) is 18.4 Å². The summed E-state index contributed by atoms with van der Waals surface area (Å²) in [6.07, 6.45) is 6.56. The van der Waals surface area contributed by atoms with Crippen molar-refractivity contribution in [3.8, 4) is 5.19 Å². The summed E-state index contributed by atoms with van der Waals surface area (Å²) in [5.41, 5.74) is 8.38. The van der Waals surface area contributed by atoms with Crippen LogP contribution in [0.5, 0.6) is 5.19 Å². The van der Waals surface area contributed by atoms with Crippen molar-refractivity contribution in [3.63, 3.8) is 0 Å². The average molecular weight is 294 g/mol. The summed E-state index contributed by atoms with van der Waals surface area (Å²) in [5, 5.41) is 3.90. The van der Waals surface area contributed by atoms with E-state index in [1.165, 1.54) is 23.8 Å². The number of hydrogen-bond acceptors (Lipinski definition) is 6. The smallest absolute Gasteiger partial charge is 0.340 e. The van der Waals surface area contributed by atoms with Crippen LogP contribution in [0.15, 0.2) is 17.0 Å². The maximum Gasteiger partial charge on any atom is 0.340 e. The van der Waals surface area contributed by atoms with Crippen LogP contribution in [-0.2, 0) is 9.53 Å². The Hall–Kier alpha value is -2.05. The molecule has 20 heavy (non-hydrogen) atoms. The third-order valence-corrected chi connectivity index (χ3v) is 3.57. The number of esters is 1. The van der Waals surface area contributed by atoms with Gasteiger partial charge in [-0.15, -0.1) is 0 Å². The third kappa shape index (κ3) is 3.72. The first-order valence-corrected chi connectivity index (χ1v) is 7.11. The molecule has 7 nitrogen and oxygen atoms in total. The monoisotopic (exact) mass is 294 g/mol. The average Bonchev–Trinajstić information content (AvgIpc) is 2.81. The number of azide groups is 1. The lowest BCUT2D eigenvalue weighted by molar-refractivity contribution is -0.138. The second-order valence-corrected chi connectivity index (χ2v) is 5.16. The molecule has 1 saturated carbocycles. The number of carbonyl (C=O) groups is 1. The van der Waals surface area contributed by atoms with Crippen molar-refractivity contribution >= 4 is 23.4 Å². The molecule has 1 aliphatic rings. The molecule has 1 aliphatic carbocycles. The fraction of sp³-hybridized carbons (Fsp3) is 0.500. The Balaban J connectivity index is 2.09. The van der Waals surface area contributed by atoms with E-state index in [9.17, 15) is 4.79 Å². The molecule has 1 heterocycles. The zero-order valence-corrected chi connectivity index (χ0v) is 11.8. The number of thiazole rings is 1. The molecular weight excluding hydrogens is 280 g/mol. The van der Waals surface area contributed by atoms with Gasteiger partial charge >= 0.3 is 5.97 Å². The highest BCUT2D eigenvalue weighted by atomic mass is 32.1. The molecule has 106 valence electrons. The van der Waals surface area contributed by atoms with E-state index in [1.54, 1.807) is 13.1 Å². The summed E-state index contributed by atoms with van der Waals surface area (Å²) in [4.78, 5) is 19.0. The maximum absolute atomic E-state index is 11.6. The zero-order valence-electron chi connectivity index (χ0n) is 11.0. The van der Waals surface area contributed by atoms with E-state index in [0.29, 0.717) is 10.1 Å². The summed E-state index contributed by atoms with van der Waals surface area (Å²) in [6, 6.07) is 0. The van der Waals surface area contributed by atoms with Gasteiger partial charge in [-0.1, -0.05) is 16.5 Å². The SMILES string of the molecule is CCOC(=O)/C(=C/c1cnc(OC2CCC2)s1)N=[N+]=[N-]. The minimum Gasteiger partial charge on any atom is -0.467 e. The zero-order chi connectivity index (χ0) is 14.4. The number of carbonyl (C=O) groups excluding carboxylic acids is 1. The number of hydrogen-bond donors (Lipinski definition) is 0. The molecule has 0 saturated heterocycles. The van der Waals surface area contributed by atoms with E-state index in [2.05, 4.69) is 15.0 Å². The van der Waals surface area contributed by atoms with Gasteiger partial charge in [0.1, 0.15) is 11.8 Å². The van der Waals surface area contributed by atoms with Gasteiger partial charge in [-0.25, -0.2) is 9.78 Å². The van der Waals surface area contributed by atoms with Gasteiger partial charge < -0.3 is 9.47 Å². The molecule has 1 fully saturated rings. The number of aromatic nitrogens is 1. The minimum atomic E-state index is -0.653. The summed E-state index contributed by atoms with van der Waals surface area (Å²) >= 11 is 1.30. The Bertz CT molecular complexity index is 559. The van der Waals surface area contributed by atoms with Crippen LogP contribution < -0.4 is 4.74 Å². The Labute approximate surface area is 119 Å². The van der Waals surface area contributed by atoms with Gasteiger partial charge in [0.2, 0.25) is 0 Å². The van der Waals surface area contributed by atoms with Crippen LogP contribution in [0, 0.1) is 0 Å². The Morgan fingerprint density at radius 3 is 3.10 bits per heavy atom. The molecule has 0 amide bonds. The first-order valence-electron chi connectivity index (χ1n) is 6.29. The predicted octanol–water partition coefficient (Wildman–Crippen LogP) is 3.29. The van der Waals surface area contributed by atoms with Crippen molar-refractivity contribution in [2.24, 2.45) is 5.11 Å².